The number of hydrogen-bond donors (Lipinski definition) is 2. The average Bonchev–Trinajstić information content (AvgIpc) is 3.00. The number of carbonyl (C=O) groups excluding carboxylic acids is 1. The number of aromatic nitrogens is 1. The van der Waals surface area contributed by atoms with Gasteiger partial charge in [0.05, 0.1) is 5.69 Å². The molecule has 0 aliphatic rings. The van der Waals surface area contributed by atoms with Crippen LogP contribution in [0.4, 0.5) is 0 Å². The summed E-state index contributed by atoms with van der Waals surface area (Å²) in [6.45, 7) is 1.27. The Morgan fingerprint density at radius 3 is 2.57 bits per heavy atom. The molecule has 1 unspecified atom stereocenters. The summed E-state index contributed by atoms with van der Waals surface area (Å²) in [5, 5.41) is 12.7. The van der Waals surface area contributed by atoms with E-state index < -0.39 is 20.5 Å². The Kier molecular flexibility index (Phi) is 4.86. The number of aryl methyl sites for hydroxylation is 1. The quantitative estimate of drug-likeness (QED) is 0.611. The molecule has 8 heteroatoms. The number of carbonyl (C=O) groups is 1. The highest BCUT2D eigenvalue weighted by atomic mass is 32.2. The number of benzene rings is 1. The molecular formula is C15H18N2O5S. The summed E-state index contributed by atoms with van der Waals surface area (Å²) in [7, 11) is -3.72. The van der Waals surface area contributed by atoms with E-state index in [-0.39, 0.29) is 12.8 Å². The summed E-state index contributed by atoms with van der Waals surface area (Å²) in [6.07, 6.45) is 1.15. The molecule has 2 aromatic rings. The molecule has 0 spiro atoms. The smallest absolute Gasteiger partial charge is 0.264 e. The predicted molar refractivity (Wildman–Crippen MR) is 83.4 cm³/mol. The second kappa shape index (κ2) is 6.51. The van der Waals surface area contributed by atoms with Crippen LogP contribution >= 0.6 is 0 Å². The van der Waals surface area contributed by atoms with Crippen molar-refractivity contribution in [2.45, 2.75) is 24.5 Å². The minimum Gasteiger partial charge on any atom is -0.356 e. The molecule has 0 saturated carbocycles. The first-order chi connectivity index (χ1) is 10.8. The first-order valence-electron chi connectivity index (χ1n) is 6.93. The molecule has 2 N–H and O–H groups in total. The largest absolute Gasteiger partial charge is 0.356 e. The van der Waals surface area contributed by atoms with Gasteiger partial charge < -0.3 is 4.52 Å². The third-order valence-corrected chi connectivity index (χ3v) is 5.90. The van der Waals surface area contributed by atoms with Crippen LogP contribution < -0.4 is 5.48 Å². The van der Waals surface area contributed by atoms with Gasteiger partial charge in [-0.05, 0) is 19.8 Å². The van der Waals surface area contributed by atoms with Crippen LogP contribution in [0.25, 0.3) is 11.3 Å². The van der Waals surface area contributed by atoms with Crippen LogP contribution in [0, 0.1) is 0 Å². The third-order valence-electron chi connectivity index (χ3n) is 3.88. The standard InChI is InChI=1S/C15H18N2O5S/c1-15(14(18)16-19,23(2,20)21)9-8-12-10-13(22-17-12)11-6-4-3-5-7-11/h3-7,10,19H,8-9H2,1-2H3,(H,16,18). The Morgan fingerprint density at radius 1 is 1.35 bits per heavy atom. The first kappa shape index (κ1) is 17.2. The highest BCUT2D eigenvalue weighted by Crippen LogP contribution is 2.25. The Bertz CT molecular complexity index is 785. The first-order valence-corrected chi connectivity index (χ1v) is 8.82. The fourth-order valence-electron chi connectivity index (χ4n) is 2.12. The zero-order valence-corrected chi connectivity index (χ0v) is 13.6. The number of hydrogen-bond acceptors (Lipinski definition) is 6. The van der Waals surface area contributed by atoms with Gasteiger partial charge in [0, 0.05) is 17.9 Å². The zero-order valence-electron chi connectivity index (χ0n) is 12.8. The lowest BCUT2D eigenvalue weighted by Crippen LogP contribution is -2.49. The predicted octanol–water partition coefficient (Wildman–Crippen LogP) is 1.58. The maximum absolute atomic E-state index is 11.9. The topological polar surface area (TPSA) is 110 Å². The molecule has 2 rings (SSSR count). The molecule has 0 aliphatic carbocycles. The second-order valence-corrected chi connectivity index (χ2v) is 7.94. The molecule has 1 aromatic heterocycles. The number of amides is 1. The van der Waals surface area contributed by atoms with Crippen LogP contribution in [-0.2, 0) is 21.1 Å². The highest BCUT2D eigenvalue weighted by Gasteiger charge is 2.43. The van der Waals surface area contributed by atoms with Crippen LogP contribution in [0.1, 0.15) is 19.0 Å². The molecule has 0 radical (unpaired) electrons. The number of hydroxylamine groups is 1. The van der Waals surface area contributed by atoms with Gasteiger partial charge in [0.2, 0.25) is 0 Å². The Hall–Kier alpha value is -2.19. The van der Waals surface area contributed by atoms with Gasteiger partial charge in [-0.15, -0.1) is 0 Å². The van der Waals surface area contributed by atoms with Gasteiger partial charge in [0.15, 0.2) is 15.6 Å². The van der Waals surface area contributed by atoms with Gasteiger partial charge in [0.25, 0.3) is 5.91 Å². The van der Waals surface area contributed by atoms with Gasteiger partial charge in [-0.1, -0.05) is 35.5 Å². The molecule has 1 aromatic carbocycles. The summed E-state index contributed by atoms with van der Waals surface area (Å²) in [6, 6.07) is 11.0. The summed E-state index contributed by atoms with van der Waals surface area (Å²) in [5.74, 6) is -0.403. The zero-order chi connectivity index (χ0) is 17.1. The molecule has 1 atom stereocenters. The van der Waals surface area contributed by atoms with Crippen molar-refractivity contribution in [3.8, 4) is 11.3 Å². The van der Waals surface area contributed by atoms with Gasteiger partial charge in [0.1, 0.15) is 4.75 Å². The Labute approximate surface area is 134 Å². The molecule has 0 saturated heterocycles. The number of nitrogens with zero attached hydrogens (tertiary/aromatic N) is 1. The maximum Gasteiger partial charge on any atom is 0.264 e. The van der Waals surface area contributed by atoms with E-state index in [1.165, 1.54) is 12.4 Å². The lowest BCUT2D eigenvalue weighted by Gasteiger charge is -2.24. The van der Waals surface area contributed by atoms with Gasteiger partial charge in [-0.2, -0.15) is 0 Å². The Balaban J connectivity index is 2.17. The van der Waals surface area contributed by atoms with Gasteiger partial charge in [-0.25, -0.2) is 13.9 Å². The second-order valence-electron chi connectivity index (χ2n) is 5.49. The summed E-state index contributed by atoms with van der Waals surface area (Å²) >= 11 is 0. The Morgan fingerprint density at radius 2 is 2.00 bits per heavy atom. The monoisotopic (exact) mass is 338 g/mol. The summed E-state index contributed by atoms with van der Waals surface area (Å²) in [5.41, 5.74) is 2.80. The van der Waals surface area contributed by atoms with Crippen molar-refractivity contribution in [1.82, 2.24) is 10.6 Å². The molecule has 0 bridgehead atoms. The van der Waals surface area contributed by atoms with Crippen LogP contribution in [-0.4, -0.2) is 35.7 Å². The van der Waals surface area contributed by atoms with Crippen molar-refractivity contribution in [1.29, 1.82) is 0 Å². The fraction of sp³-hybridized carbons (Fsp3) is 0.333. The van der Waals surface area contributed by atoms with Crippen molar-refractivity contribution in [2.24, 2.45) is 0 Å². The van der Waals surface area contributed by atoms with E-state index in [4.69, 9.17) is 9.73 Å². The average molecular weight is 338 g/mol. The van der Waals surface area contributed by atoms with Crippen molar-refractivity contribution in [3.63, 3.8) is 0 Å². The minimum absolute atomic E-state index is 0.0288. The summed E-state index contributed by atoms with van der Waals surface area (Å²) in [4.78, 5) is 11.7. The molecule has 124 valence electrons. The molecule has 1 amide bonds. The van der Waals surface area contributed by atoms with E-state index in [0.717, 1.165) is 11.8 Å². The number of sulfone groups is 1. The van der Waals surface area contributed by atoms with Crippen LogP contribution in [0.5, 0.6) is 0 Å². The van der Waals surface area contributed by atoms with Crippen LogP contribution in [0.3, 0.4) is 0 Å². The third kappa shape index (κ3) is 3.59. The van der Waals surface area contributed by atoms with E-state index in [1.807, 2.05) is 30.3 Å². The van der Waals surface area contributed by atoms with E-state index in [0.29, 0.717) is 11.5 Å². The van der Waals surface area contributed by atoms with Gasteiger partial charge in [-0.3, -0.25) is 10.0 Å². The van der Waals surface area contributed by atoms with Crippen molar-refractivity contribution in [2.75, 3.05) is 6.26 Å². The minimum atomic E-state index is -3.72. The van der Waals surface area contributed by atoms with Crippen LogP contribution in [0.2, 0.25) is 0 Å². The molecule has 23 heavy (non-hydrogen) atoms. The van der Waals surface area contributed by atoms with E-state index in [2.05, 4.69) is 5.16 Å². The molecular weight excluding hydrogens is 320 g/mol. The molecule has 1 heterocycles. The normalized spacial score (nSPS) is 14.2. The number of nitrogens with one attached hydrogen (secondary N) is 1. The molecule has 7 nitrogen and oxygen atoms in total. The molecule has 0 aliphatic heterocycles. The van der Waals surface area contributed by atoms with E-state index in [1.54, 1.807) is 6.07 Å². The fourth-order valence-corrected chi connectivity index (χ4v) is 2.98. The van der Waals surface area contributed by atoms with Crippen molar-refractivity contribution in [3.05, 3.63) is 42.1 Å². The van der Waals surface area contributed by atoms with E-state index in [9.17, 15) is 13.2 Å². The van der Waals surface area contributed by atoms with Gasteiger partial charge >= 0.3 is 0 Å². The van der Waals surface area contributed by atoms with Crippen molar-refractivity contribution >= 4 is 15.7 Å². The number of rotatable bonds is 6. The van der Waals surface area contributed by atoms with Crippen molar-refractivity contribution < 1.29 is 22.9 Å². The highest BCUT2D eigenvalue weighted by molar-refractivity contribution is 7.92. The molecule has 0 fully saturated rings. The summed E-state index contributed by atoms with van der Waals surface area (Å²) < 4.78 is 27.3. The maximum atomic E-state index is 11.9. The SMILES string of the molecule is CC(CCc1cc(-c2ccccc2)on1)(C(=O)NO)S(C)(=O)=O. The van der Waals surface area contributed by atoms with Crippen LogP contribution in [0.15, 0.2) is 40.9 Å². The lowest BCUT2D eigenvalue weighted by atomic mass is 10.0. The lowest BCUT2D eigenvalue weighted by molar-refractivity contribution is -0.131. The van der Waals surface area contributed by atoms with E-state index >= 15 is 0 Å².